The number of carbonyl (C=O) groups excluding carboxylic acids is 3. The van der Waals surface area contributed by atoms with E-state index in [1.54, 1.807) is 39.0 Å². The average Bonchev–Trinajstić information content (AvgIpc) is 3.32. The highest BCUT2D eigenvalue weighted by Gasteiger charge is 2.19. The lowest BCUT2D eigenvalue weighted by Gasteiger charge is -2.22. The molecule has 0 fully saturated rings. The highest BCUT2D eigenvalue weighted by atomic mass is 16.6. The minimum Gasteiger partial charge on any atom is -0.491 e. The zero-order valence-electron chi connectivity index (χ0n) is 37.9. The van der Waals surface area contributed by atoms with Crippen LogP contribution in [0, 0.1) is 0 Å². The number of rotatable bonds is 33. The molecule has 0 aromatic heterocycles. The van der Waals surface area contributed by atoms with Crippen LogP contribution in [0.2, 0.25) is 0 Å². The van der Waals surface area contributed by atoms with Crippen molar-refractivity contribution in [1.29, 1.82) is 0 Å². The number of hydrogen-bond acceptors (Lipinski definition) is 15. The summed E-state index contributed by atoms with van der Waals surface area (Å²) in [5, 5.41) is 0. The van der Waals surface area contributed by atoms with Gasteiger partial charge in [-0.05, 0) is 57.2 Å². The van der Waals surface area contributed by atoms with Gasteiger partial charge >= 0.3 is 17.9 Å². The fourth-order valence-electron chi connectivity index (χ4n) is 5.33. The number of benzene rings is 4. The molecule has 0 aliphatic carbocycles. The third kappa shape index (κ3) is 21.2. The zero-order chi connectivity index (χ0) is 47.4. The maximum Gasteiger partial charge on any atom is 0.333 e. The van der Waals surface area contributed by atoms with E-state index in [4.69, 9.17) is 56.8 Å². The Kier molecular flexibility index (Phi) is 23.2. The Morgan fingerprint density at radius 1 is 0.364 bits per heavy atom. The second kappa shape index (κ2) is 29.6. The van der Waals surface area contributed by atoms with E-state index in [-0.39, 0.29) is 96.0 Å². The fourth-order valence-corrected chi connectivity index (χ4v) is 5.33. The van der Waals surface area contributed by atoms with E-state index in [0.29, 0.717) is 34.5 Å². The molecule has 0 heterocycles. The van der Waals surface area contributed by atoms with Gasteiger partial charge in [-0.15, -0.1) is 0 Å². The van der Waals surface area contributed by atoms with Crippen molar-refractivity contribution in [3.63, 3.8) is 0 Å². The Hall–Kier alpha value is -6.81. The predicted molar refractivity (Wildman–Crippen MR) is 245 cm³/mol. The first-order chi connectivity index (χ1) is 31.9. The van der Waals surface area contributed by atoms with Gasteiger partial charge in [0, 0.05) is 34.9 Å². The molecule has 3 unspecified atom stereocenters. The van der Waals surface area contributed by atoms with Crippen LogP contribution in [0.15, 0.2) is 146 Å². The first kappa shape index (κ1) is 51.8. The Labute approximate surface area is 386 Å². The fraction of sp³-hybridized carbons (Fsp3) is 0.353. The summed E-state index contributed by atoms with van der Waals surface area (Å²) in [6.07, 6.45) is -1.83. The Morgan fingerprint density at radius 2 is 0.591 bits per heavy atom. The molecule has 0 N–H and O–H groups in total. The molecule has 0 saturated carbocycles. The van der Waals surface area contributed by atoms with Crippen molar-refractivity contribution in [2.24, 2.45) is 0 Å². The molecule has 66 heavy (non-hydrogen) atoms. The topological polar surface area (TPSA) is 162 Å². The molecule has 0 amide bonds. The molecular formula is C51H60O15. The minimum atomic E-state index is -0.610. The molecule has 4 rings (SSSR count). The van der Waals surface area contributed by atoms with Crippen molar-refractivity contribution in [3.8, 4) is 34.5 Å². The van der Waals surface area contributed by atoms with Crippen LogP contribution >= 0.6 is 0 Å². The number of para-hydroxylation sites is 3. The Balaban J connectivity index is 1.53. The predicted octanol–water partition coefficient (Wildman–Crippen LogP) is 7.57. The van der Waals surface area contributed by atoms with Crippen LogP contribution in [-0.2, 0) is 42.8 Å². The van der Waals surface area contributed by atoms with Crippen molar-refractivity contribution >= 4 is 17.9 Å². The van der Waals surface area contributed by atoms with E-state index in [2.05, 4.69) is 19.7 Å². The number of esters is 3. The third-order valence-corrected chi connectivity index (χ3v) is 8.75. The summed E-state index contributed by atoms with van der Waals surface area (Å²) in [4.78, 5) is 35.9. The van der Waals surface area contributed by atoms with Crippen LogP contribution < -0.4 is 28.4 Å². The van der Waals surface area contributed by atoms with Crippen molar-refractivity contribution in [2.45, 2.75) is 39.1 Å². The van der Waals surface area contributed by atoms with E-state index in [9.17, 15) is 14.4 Å². The van der Waals surface area contributed by atoms with E-state index in [0.717, 1.165) is 0 Å². The quantitative estimate of drug-likeness (QED) is 0.0199. The van der Waals surface area contributed by atoms with Crippen molar-refractivity contribution < 1.29 is 71.2 Å². The van der Waals surface area contributed by atoms with Gasteiger partial charge in [-0.3, -0.25) is 0 Å². The average molecular weight is 913 g/mol. The molecule has 0 bridgehead atoms. The highest BCUT2D eigenvalue weighted by Crippen LogP contribution is 2.29. The van der Waals surface area contributed by atoms with E-state index in [1.807, 2.05) is 91.0 Å². The van der Waals surface area contributed by atoms with E-state index >= 15 is 0 Å². The summed E-state index contributed by atoms with van der Waals surface area (Å²) >= 11 is 0. The maximum absolute atomic E-state index is 12.0. The first-order valence-corrected chi connectivity index (χ1v) is 21.3. The molecule has 4 aromatic carbocycles. The largest absolute Gasteiger partial charge is 0.491 e. The summed E-state index contributed by atoms with van der Waals surface area (Å²) in [6.45, 7) is 16.1. The molecule has 354 valence electrons. The van der Waals surface area contributed by atoms with Gasteiger partial charge in [0.25, 0.3) is 0 Å². The lowest BCUT2D eigenvalue weighted by Crippen LogP contribution is -2.31. The molecule has 0 saturated heterocycles. The van der Waals surface area contributed by atoms with Gasteiger partial charge < -0.3 is 56.8 Å². The second-order valence-corrected chi connectivity index (χ2v) is 14.7. The molecule has 0 spiro atoms. The molecule has 0 aliphatic heterocycles. The molecular weight excluding hydrogens is 853 g/mol. The van der Waals surface area contributed by atoms with Gasteiger partial charge in [0.05, 0.1) is 19.8 Å². The smallest absolute Gasteiger partial charge is 0.333 e. The Morgan fingerprint density at radius 3 is 0.818 bits per heavy atom. The maximum atomic E-state index is 12.0. The normalized spacial score (nSPS) is 12.0. The highest BCUT2D eigenvalue weighted by molar-refractivity contribution is 5.87. The van der Waals surface area contributed by atoms with E-state index in [1.165, 1.54) is 0 Å². The van der Waals surface area contributed by atoms with Crippen molar-refractivity contribution in [3.05, 3.63) is 146 Å². The molecule has 3 atom stereocenters. The van der Waals surface area contributed by atoms with Gasteiger partial charge in [0.15, 0.2) is 0 Å². The standard InChI is InChI=1S/C51H60O15/c1-37(2)49(52)58-25-22-55-46(31-61-40-16-10-7-11-17-40)34-64-43-28-44(65-35-47(32-62-41-18-12-8-13-19-41)56-23-26-59-50(53)38(3)4)30-45(29-43)66-36-48(33-63-42-20-14-9-15-21-42)57-24-27-60-51(54)39(5)6/h7-21,28-30,46-48H,1,3,5,22-27,31-36H2,2,4,6H3. The van der Waals surface area contributed by atoms with Crippen LogP contribution in [0.4, 0.5) is 0 Å². The number of carbonyl (C=O) groups is 3. The van der Waals surface area contributed by atoms with Crippen LogP contribution in [0.25, 0.3) is 0 Å². The first-order valence-electron chi connectivity index (χ1n) is 21.3. The summed E-state index contributed by atoms with van der Waals surface area (Å²) in [7, 11) is 0. The minimum absolute atomic E-state index is 0.00402. The molecule has 15 nitrogen and oxygen atoms in total. The van der Waals surface area contributed by atoms with Crippen LogP contribution in [-0.4, -0.2) is 116 Å². The summed E-state index contributed by atoms with van der Waals surface area (Å²) in [5.74, 6) is 1.42. The molecule has 15 heteroatoms. The van der Waals surface area contributed by atoms with Gasteiger partial charge in [-0.1, -0.05) is 74.3 Å². The Bertz CT molecular complexity index is 1840. The van der Waals surface area contributed by atoms with Crippen LogP contribution in [0.5, 0.6) is 34.5 Å². The molecule has 0 aliphatic rings. The SMILES string of the molecule is C=C(C)C(=O)OCCOC(COc1ccccc1)COc1cc(OCC(COc2ccccc2)OCCOC(=O)C(=C)C)cc(OCC(COc2ccccc2)OCCOC(=O)C(=C)C)c1. The van der Waals surface area contributed by atoms with Crippen LogP contribution in [0.3, 0.4) is 0 Å². The van der Waals surface area contributed by atoms with Gasteiger partial charge in [0.2, 0.25) is 0 Å². The van der Waals surface area contributed by atoms with Crippen molar-refractivity contribution in [2.75, 3.05) is 79.3 Å². The second-order valence-electron chi connectivity index (χ2n) is 14.7. The molecule has 0 radical (unpaired) electrons. The number of hydrogen-bond donors (Lipinski definition) is 0. The summed E-state index contributed by atoms with van der Waals surface area (Å²) in [6, 6.07) is 32.8. The van der Waals surface area contributed by atoms with E-state index < -0.39 is 36.2 Å². The lowest BCUT2D eigenvalue weighted by atomic mass is 10.3. The summed E-state index contributed by atoms with van der Waals surface area (Å²) in [5.41, 5.74) is 0.830. The number of ether oxygens (including phenoxy) is 12. The zero-order valence-corrected chi connectivity index (χ0v) is 37.9. The van der Waals surface area contributed by atoms with Gasteiger partial charge in [-0.2, -0.15) is 0 Å². The van der Waals surface area contributed by atoms with Gasteiger partial charge in [0.1, 0.15) is 112 Å². The lowest BCUT2D eigenvalue weighted by molar-refractivity contribution is -0.142. The van der Waals surface area contributed by atoms with Gasteiger partial charge in [-0.25, -0.2) is 14.4 Å². The third-order valence-electron chi connectivity index (χ3n) is 8.75. The van der Waals surface area contributed by atoms with Crippen LogP contribution in [0.1, 0.15) is 20.8 Å². The monoisotopic (exact) mass is 912 g/mol. The molecule has 4 aromatic rings. The van der Waals surface area contributed by atoms with Crippen molar-refractivity contribution in [1.82, 2.24) is 0 Å². The summed E-state index contributed by atoms with van der Waals surface area (Å²) < 4.78 is 70.8.